The van der Waals surface area contributed by atoms with Crippen LogP contribution in [0.2, 0.25) is 0 Å². The summed E-state index contributed by atoms with van der Waals surface area (Å²) in [5.41, 5.74) is 3.15. The number of aryl methyl sites for hydroxylation is 2. The zero-order valence-corrected chi connectivity index (χ0v) is 14.5. The van der Waals surface area contributed by atoms with Gasteiger partial charge in [-0.05, 0) is 32.0 Å². The lowest BCUT2D eigenvalue weighted by Gasteiger charge is -2.29. The second-order valence-electron chi connectivity index (χ2n) is 6.24. The highest BCUT2D eigenvalue weighted by atomic mass is 16.7. The molecule has 130 valence electrons. The number of para-hydroxylation sites is 2. The van der Waals surface area contributed by atoms with Crippen molar-refractivity contribution in [3.8, 4) is 5.69 Å². The smallest absolute Gasteiger partial charge is 0.350 e. The Morgan fingerprint density at radius 2 is 1.76 bits per heavy atom. The van der Waals surface area contributed by atoms with Gasteiger partial charge in [-0.15, -0.1) is 0 Å². The second kappa shape index (κ2) is 6.08. The van der Waals surface area contributed by atoms with Crippen molar-refractivity contribution in [1.29, 1.82) is 0 Å². The van der Waals surface area contributed by atoms with Gasteiger partial charge in [0, 0.05) is 25.7 Å². The van der Waals surface area contributed by atoms with Crippen molar-refractivity contribution in [1.82, 2.24) is 9.78 Å². The van der Waals surface area contributed by atoms with Crippen LogP contribution in [0.25, 0.3) is 5.69 Å². The quantitative estimate of drug-likeness (QED) is 0.525. The molecular formula is C18H19N3O4. The van der Waals surface area contributed by atoms with Gasteiger partial charge in [-0.3, -0.25) is 0 Å². The van der Waals surface area contributed by atoms with Crippen molar-refractivity contribution >= 4 is 17.6 Å². The molecule has 1 aromatic heterocycles. The van der Waals surface area contributed by atoms with Crippen LogP contribution in [0.3, 0.4) is 0 Å². The highest BCUT2D eigenvalue weighted by Crippen LogP contribution is 2.25. The van der Waals surface area contributed by atoms with E-state index in [9.17, 15) is 9.59 Å². The summed E-state index contributed by atoms with van der Waals surface area (Å²) in [4.78, 5) is 24.0. The third-order valence-electron chi connectivity index (χ3n) is 3.63. The number of rotatable bonds is 3. The van der Waals surface area contributed by atoms with Gasteiger partial charge in [0.05, 0.1) is 17.1 Å². The molecule has 1 aliphatic heterocycles. The Morgan fingerprint density at radius 3 is 2.36 bits per heavy atom. The molecule has 0 radical (unpaired) electrons. The summed E-state index contributed by atoms with van der Waals surface area (Å²) in [5, 5.41) is 7.44. The number of hydrogen-bond donors (Lipinski definition) is 1. The normalized spacial score (nSPS) is 16.2. The Labute approximate surface area is 145 Å². The summed E-state index contributed by atoms with van der Waals surface area (Å²) in [7, 11) is 0. The molecule has 0 bridgehead atoms. The number of carbonyl (C=O) groups excluding carboxylic acids is 2. The van der Waals surface area contributed by atoms with Crippen molar-refractivity contribution in [3.63, 3.8) is 0 Å². The number of benzene rings is 1. The van der Waals surface area contributed by atoms with Crippen molar-refractivity contribution < 1.29 is 19.1 Å². The summed E-state index contributed by atoms with van der Waals surface area (Å²) in [6.45, 7) is 6.88. The van der Waals surface area contributed by atoms with Crippen molar-refractivity contribution in [2.45, 2.75) is 33.5 Å². The highest BCUT2D eigenvalue weighted by molar-refractivity contribution is 6.15. The molecule has 0 aliphatic carbocycles. The standard InChI is InChI=1S/C18H19N3O4/c1-11-9-12(2)21(20-11)15-8-6-5-7-14(15)19-10-13-16(22)24-18(3,4)25-17(13)23/h5-10,19H,1-4H3. The largest absolute Gasteiger partial charge is 0.419 e. The topological polar surface area (TPSA) is 82.5 Å². The number of hydrogen-bond acceptors (Lipinski definition) is 6. The predicted molar refractivity (Wildman–Crippen MR) is 91.0 cm³/mol. The molecule has 2 heterocycles. The van der Waals surface area contributed by atoms with E-state index in [1.807, 2.05) is 44.2 Å². The van der Waals surface area contributed by atoms with Gasteiger partial charge in [0.25, 0.3) is 5.79 Å². The van der Waals surface area contributed by atoms with Crippen LogP contribution in [0.1, 0.15) is 25.2 Å². The molecule has 1 aromatic carbocycles. The fourth-order valence-corrected chi connectivity index (χ4v) is 2.58. The van der Waals surface area contributed by atoms with Gasteiger partial charge in [-0.25, -0.2) is 14.3 Å². The van der Waals surface area contributed by atoms with Crippen LogP contribution >= 0.6 is 0 Å². The molecule has 7 heteroatoms. The van der Waals surface area contributed by atoms with E-state index in [4.69, 9.17) is 9.47 Å². The number of carbonyl (C=O) groups is 2. The number of nitrogens with zero attached hydrogens (tertiary/aromatic N) is 2. The SMILES string of the molecule is Cc1cc(C)n(-c2ccccc2NC=C2C(=O)OC(C)(C)OC2=O)n1. The molecule has 1 aliphatic rings. The number of anilines is 1. The molecule has 0 atom stereocenters. The molecule has 0 saturated carbocycles. The molecule has 7 nitrogen and oxygen atoms in total. The Hall–Kier alpha value is -3.09. The van der Waals surface area contributed by atoms with Gasteiger partial charge in [0.1, 0.15) is 0 Å². The average Bonchev–Trinajstić information content (AvgIpc) is 2.84. The maximum absolute atomic E-state index is 12.0. The second-order valence-corrected chi connectivity index (χ2v) is 6.24. The van der Waals surface area contributed by atoms with Crippen molar-refractivity contribution in [2.24, 2.45) is 0 Å². The van der Waals surface area contributed by atoms with E-state index in [-0.39, 0.29) is 5.57 Å². The van der Waals surface area contributed by atoms with Crippen LogP contribution in [0.5, 0.6) is 0 Å². The highest BCUT2D eigenvalue weighted by Gasteiger charge is 2.38. The van der Waals surface area contributed by atoms with Crippen LogP contribution < -0.4 is 5.32 Å². The summed E-state index contributed by atoms with van der Waals surface area (Å²) < 4.78 is 11.9. The fraction of sp³-hybridized carbons (Fsp3) is 0.278. The number of nitrogens with one attached hydrogen (secondary N) is 1. The average molecular weight is 341 g/mol. The lowest BCUT2D eigenvalue weighted by atomic mass is 10.2. The van der Waals surface area contributed by atoms with E-state index in [0.717, 1.165) is 17.1 Å². The molecule has 3 rings (SSSR count). The lowest BCUT2D eigenvalue weighted by Crippen LogP contribution is -2.42. The Morgan fingerprint density at radius 1 is 1.12 bits per heavy atom. The molecule has 2 aromatic rings. The van der Waals surface area contributed by atoms with Gasteiger partial charge < -0.3 is 14.8 Å². The predicted octanol–water partition coefficient (Wildman–Crippen LogP) is 2.62. The number of ether oxygens (including phenoxy) is 2. The Bertz CT molecular complexity index is 858. The Balaban J connectivity index is 1.91. The van der Waals surface area contributed by atoms with Crippen LogP contribution in [0.15, 0.2) is 42.1 Å². The van der Waals surface area contributed by atoms with Gasteiger partial charge >= 0.3 is 11.9 Å². The van der Waals surface area contributed by atoms with Crippen LogP contribution in [-0.4, -0.2) is 27.5 Å². The van der Waals surface area contributed by atoms with Crippen LogP contribution in [-0.2, 0) is 19.1 Å². The first-order valence-electron chi connectivity index (χ1n) is 7.83. The zero-order valence-electron chi connectivity index (χ0n) is 14.5. The number of esters is 2. The number of cyclic esters (lactones) is 2. The maximum Gasteiger partial charge on any atom is 0.350 e. The minimum Gasteiger partial charge on any atom is -0.419 e. The van der Waals surface area contributed by atoms with E-state index in [0.29, 0.717) is 5.69 Å². The molecule has 0 spiro atoms. The molecule has 0 amide bonds. The first-order chi connectivity index (χ1) is 11.8. The summed E-state index contributed by atoms with van der Waals surface area (Å²) in [5.74, 6) is -2.71. The van der Waals surface area contributed by atoms with E-state index in [1.165, 1.54) is 20.0 Å². The van der Waals surface area contributed by atoms with E-state index < -0.39 is 17.7 Å². The summed E-state index contributed by atoms with van der Waals surface area (Å²) in [6, 6.07) is 9.41. The van der Waals surface area contributed by atoms with Gasteiger partial charge in [-0.1, -0.05) is 12.1 Å². The van der Waals surface area contributed by atoms with Crippen LogP contribution in [0.4, 0.5) is 5.69 Å². The van der Waals surface area contributed by atoms with Crippen molar-refractivity contribution in [3.05, 3.63) is 53.5 Å². The van der Waals surface area contributed by atoms with E-state index in [1.54, 1.807) is 4.68 Å². The first-order valence-corrected chi connectivity index (χ1v) is 7.83. The summed E-state index contributed by atoms with van der Waals surface area (Å²) in [6.07, 6.45) is 1.30. The minimum absolute atomic E-state index is 0.192. The summed E-state index contributed by atoms with van der Waals surface area (Å²) >= 11 is 0. The Kier molecular flexibility index (Phi) is 4.08. The molecule has 25 heavy (non-hydrogen) atoms. The molecule has 1 saturated heterocycles. The van der Waals surface area contributed by atoms with Gasteiger partial charge in [-0.2, -0.15) is 5.10 Å². The third kappa shape index (κ3) is 3.40. The first kappa shape index (κ1) is 16.8. The van der Waals surface area contributed by atoms with Crippen LogP contribution in [0, 0.1) is 13.8 Å². The molecular weight excluding hydrogens is 322 g/mol. The molecule has 1 fully saturated rings. The fourth-order valence-electron chi connectivity index (χ4n) is 2.58. The molecule has 0 unspecified atom stereocenters. The number of aromatic nitrogens is 2. The monoisotopic (exact) mass is 341 g/mol. The van der Waals surface area contributed by atoms with Gasteiger partial charge in [0.15, 0.2) is 5.57 Å². The van der Waals surface area contributed by atoms with Gasteiger partial charge in [0.2, 0.25) is 0 Å². The zero-order chi connectivity index (χ0) is 18.2. The van der Waals surface area contributed by atoms with E-state index >= 15 is 0 Å². The van der Waals surface area contributed by atoms with Crippen molar-refractivity contribution in [2.75, 3.05) is 5.32 Å². The minimum atomic E-state index is -1.26. The maximum atomic E-state index is 12.0. The van der Waals surface area contributed by atoms with E-state index in [2.05, 4.69) is 10.4 Å². The lowest BCUT2D eigenvalue weighted by molar-refractivity contribution is -0.222. The molecule has 1 N–H and O–H groups in total. The third-order valence-corrected chi connectivity index (χ3v) is 3.63.